The third kappa shape index (κ3) is 39.4. The molecule has 0 saturated carbocycles. The van der Waals surface area contributed by atoms with E-state index in [0.717, 1.165) is 94.6 Å². The van der Waals surface area contributed by atoms with Gasteiger partial charge >= 0.3 is 13.8 Å². The number of rotatable bonds is 46. The smallest absolute Gasteiger partial charge is 0.465 e. The van der Waals surface area contributed by atoms with E-state index in [1.165, 1.54) is 120 Å². The first kappa shape index (κ1) is 66.9. The van der Waals surface area contributed by atoms with E-state index in [4.69, 9.17) is 13.8 Å². The van der Waals surface area contributed by atoms with Gasteiger partial charge in [0.1, 0.15) is 5.78 Å². The maximum absolute atomic E-state index is 13.1. The number of phosphoric acid groups is 1. The van der Waals surface area contributed by atoms with Gasteiger partial charge in [-0.2, -0.15) is 0 Å². The fraction of sp³-hybridized carbons (Fsp3) is 0.726. The fourth-order valence-corrected chi connectivity index (χ4v) is 9.91. The van der Waals surface area contributed by atoms with Gasteiger partial charge in [0.25, 0.3) is 0 Å². The van der Waals surface area contributed by atoms with E-state index in [2.05, 4.69) is 83.3 Å². The Morgan fingerprint density at radius 1 is 0.681 bits per heavy atom. The molecule has 1 rings (SSSR count). The third-order valence-corrected chi connectivity index (χ3v) is 14.6. The number of Topliss-reactive ketones (excluding diaryl/α,β-unsaturated/α-hetero) is 1. The molecule has 2 atom stereocenters. The lowest BCUT2D eigenvalue weighted by molar-refractivity contribution is -0.146. The minimum absolute atomic E-state index is 0.0124. The zero-order valence-corrected chi connectivity index (χ0v) is 48.0. The molecule has 1 unspecified atom stereocenters. The normalized spacial score (nSPS) is 15.9. The summed E-state index contributed by atoms with van der Waals surface area (Å²) in [5.74, 6) is -1.28. The largest absolute Gasteiger partial charge is 0.472 e. The molecule has 412 valence electrons. The summed E-state index contributed by atoms with van der Waals surface area (Å²) in [4.78, 5) is 48.9. The van der Waals surface area contributed by atoms with Crippen molar-refractivity contribution in [2.45, 2.75) is 254 Å². The molecule has 0 spiro atoms. The predicted octanol–water partition coefficient (Wildman–Crippen LogP) is 18.0. The molecule has 1 aliphatic rings. The van der Waals surface area contributed by atoms with Crippen LogP contribution in [0.15, 0.2) is 83.1 Å². The zero-order chi connectivity index (χ0) is 53.0. The van der Waals surface area contributed by atoms with Crippen molar-refractivity contribution in [1.29, 1.82) is 0 Å². The molecule has 0 fully saturated rings. The Labute approximate surface area is 441 Å². The van der Waals surface area contributed by atoms with Crippen LogP contribution in [0.3, 0.4) is 0 Å². The number of hydrogen-bond acceptors (Lipinski definition) is 7. The molecule has 1 aliphatic carbocycles. The van der Waals surface area contributed by atoms with Crippen LogP contribution in [0, 0.1) is 11.3 Å². The molecule has 0 heterocycles. The Bertz CT molecular complexity index is 1720. The summed E-state index contributed by atoms with van der Waals surface area (Å²) in [7, 11) is -4.53. The molecule has 1 amide bonds. The zero-order valence-electron chi connectivity index (χ0n) is 47.1. The lowest BCUT2D eigenvalue weighted by atomic mass is 9.72. The summed E-state index contributed by atoms with van der Waals surface area (Å²) in [5.41, 5.74) is 4.91. The maximum Gasteiger partial charge on any atom is 0.472 e. The van der Waals surface area contributed by atoms with Gasteiger partial charge < -0.3 is 14.9 Å². The number of hydrogen-bond donors (Lipinski definition) is 2. The second-order valence-electron chi connectivity index (χ2n) is 21.3. The number of carbonyl (C=O) groups excluding carboxylic acids is 3. The monoisotopic (exact) mass is 1020 g/mol. The maximum atomic E-state index is 13.1. The van der Waals surface area contributed by atoms with Crippen LogP contribution < -0.4 is 5.32 Å². The first-order valence-electron chi connectivity index (χ1n) is 29.0. The van der Waals surface area contributed by atoms with Gasteiger partial charge in [0.05, 0.1) is 19.8 Å². The van der Waals surface area contributed by atoms with Crippen molar-refractivity contribution in [3.05, 3.63) is 83.1 Å². The second kappa shape index (κ2) is 44.2. The van der Waals surface area contributed by atoms with Crippen molar-refractivity contribution < 1.29 is 37.6 Å². The molecule has 10 heteroatoms. The minimum atomic E-state index is -4.53. The molecule has 0 aromatic carbocycles. The Morgan fingerprint density at radius 3 is 1.74 bits per heavy atom. The van der Waals surface area contributed by atoms with Gasteiger partial charge in [-0.3, -0.25) is 23.4 Å². The van der Waals surface area contributed by atoms with Gasteiger partial charge in [0, 0.05) is 37.8 Å². The lowest BCUT2D eigenvalue weighted by Crippen LogP contribution is -2.25. The number of ether oxygens (including phenoxy) is 1. The Kier molecular flexibility index (Phi) is 41.1. The molecule has 9 nitrogen and oxygen atoms in total. The SMILES string of the molecule is CCCCCCCC/C=C\CCCCCCCC(=O)C[C@H](COC(=O)CCCCCCC/C=C\CCCCCCCC)COP(=O)(O)OCCNC(=O)/C=C(C)/C=C/C=C(C)/C=C/C1=C(C)CCCC1(C)C. The van der Waals surface area contributed by atoms with Crippen LogP contribution in [-0.2, 0) is 32.7 Å². The van der Waals surface area contributed by atoms with Crippen LogP contribution >= 0.6 is 7.82 Å². The quantitative estimate of drug-likeness (QED) is 0.0154. The second-order valence-corrected chi connectivity index (χ2v) is 22.7. The van der Waals surface area contributed by atoms with Crippen molar-refractivity contribution in [1.82, 2.24) is 5.32 Å². The van der Waals surface area contributed by atoms with Gasteiger partial charge in [-0.25, -0.2) is 4.57 Å². The predicted molar refractivity (Wildman–Crippen MR) is 304 cm³/mol. The average molecular weight is 1020 g/mol. The average Bonchev–Trinajstić information content (AvgIpc) is 3.33. The molecule has 0 aromatic rings. The van der Waals surface area contributed by atoms with Gasteiger partial charge in [-0.15, -0.1) is 0 Å². The van der Waals surface area contributed by atoms with Crippen molar-refractivity contribution in [2.75, 3.05) is 26.4 Å². The van der Waals surface area contributed by atoms with Crippen LogP contribution in [0.4, 0.5) is 0 Å². The van der Waals surface area contributed by atoms with E-state index in [-0.39, 0.29) is 55.9 Å². The number of nitrogens with one attached hydrogen (secondary N) is 1. The number of phosphoric ester groups is 1. The Balaban J connectivity index is 2.55. The molecule has 0 bridgehead atoms. The van der Waals surface area contributed by atoms with E-state index >= 15 is 0 Å². The molecule has 0 aliphatic heterocycles. The summed E-state index contributed by atoms with van der Waals surface area (Å²) in [5, 5.41) is 2.68. The number of unbranched alkanes of at least 4 members (excludes halogenated alkanes) is 22. The van der Waals surface area contributed by atoms with Crippen LogP contribution in [0.2, 0.25) is 0 Å². The highest BCUT2D eigenvalue weighted by Gasteiger charge is 2.27. The Morgan fingerprint density at radius 2 is 1.19 bits per heavy atom. The lowest BCUT2D eigenvalue weighted by Gasteiger charge is -2.32. The fourth-order valence-electron chi connectivity index (χ4n) is 9.12. The van der Waals surface area contributed by atoms with E-state index in [0.29, 0.717) is 12.8 Å². The molecule has 0 aromatic heterocycles. The molecule has 0 saturated heterocycles. The van der Waals surface area contributed by atoms with Crippen LogP contribution in [0.1, 0.15) is 254 Å². The first-order valence-corrected chi connectivity index (χ1v) is 30.5. The number of ketones is 1. The summed E-state index contributed by atoms with van der Waals surface area (Å²) in [6, 6.07) is 0. The van der Waals surface area contributed by atoms with Crippen LogP contribution in [-0.4, -0.2) is 48.9 Å². The Hall–Kier alpha value is -3.10. The minimum Gasteiger partial charge on any atom is -0.465 e. The molecular formula is C62H106NO8P. The highest BCUT2D eigenvalue weighted by Crippen LogP contribution is 2.44. The third-order valence-electron chi connectivity index (χ3n) is 13.6. The standard InChI is InChI=1S/C62H106NO8P/c1-8-10-12-14-16-18-20-22-24-26-28-30-32-34-36-43-58(64)51-57(52-69-61(66)44-37-35-33-31-29-27-25-23-21-19-17-15-13-11-9-2)53-71-72(67,68)70-49-48-63-60(65)50-55(4)41-38-40-54(3)45-46-59-56(5)42-39-47-62(59,6)7/h22-25,38,40-41,45-46,50,57H,8-21,26-37,39,42-44,47-49,51-53H2,1-7H3,(H,63,65)(H,67,68)/b24-22-,25-23-,41-38+,46-45+,54-40+,55-50+/t57-/m1/s1. The van der Waals surface area contributed by atoms with E-state index in [9.17, 15) is 23.8 Å². The summed E-state index contributed by atoms with van der Waals surface area (Å²) < 4.78 is 29.0. The van der Waals surface area contributed by atoms with Crippen molar-refractivity contribution in [3.63, 3.8) is 0 Å². The molecule has 0 radical (unpaired) electrons. The van der Waals surface area contributed by atoms with E-state index in [1.54, 1.807) is 0 Å². The highest BCUT2D eigenvalue weighted by molar-refractivity contribution is 7.47. The topological polar surface area (TPSA) is 128 Å². The summed E-state index contributed by atoms with van der Waals surface area (Å²) >= 11 is 0. The molecular weight excluding hydrogens is 918 g/mol. The number of allylic oxidation sites excluding steroid dienone is 13. The van der Waals surface area contributed by atoms with Crippen molar-refractivity contribution in [3.8, 4) is 0 Å². The van der Waals surface area contributed by atoms with Crippen LogP contribution in [0.5, 0.6) is 0 Å². The van der Waals surface area contributed by atoms with Crippen molar-refractivity contribution in [2.24, 2.45) is 11.3 Å². The number of carbonyl (C=O) groups is 3. The van der Waals surface area contributed by atoms with Gasteiger partial charge in [0.2, 0.25) is 5.91 Å². The van der Waals surface area contributed by atoms with Gasteiger partial charge in [-0.1, -0.05) is 196 Å². The number of esters is 1. The first-order chi connectivity index (χ1) is 34.7. The van der Waals surface area contributed by atoms with Gasteiger partial charge in [0.15, 0.2) is 0 Å². The number of amides is 1. The molecule has 2 N–H and O–H groups in total. The van der Waals surface area contributed by atoms with Crippen molar-refractivity contribution >= 4 is 25.5 Å². The van der Waals surface area contributed by atoms with E-state index in [1.807, 2.05) is 25.2 Å². The van der Waals surface area contributed by atoms with Crippen LogP contribution in [0.25, 0.3) is 0 Å². The van der Waals surface area contributed by atoms with Gasteiger partial charge in [-0.05, 0) is 121 Å². The molecule has 72 heavy (non-hydrogen) atoms. The van der Waals surface area contributed by atoms with E-state index < -0.39 is 13.7 Å². The summed E-state index contributed by atoms with van der Waals surface area (Å²) in [6.45, 7) is 14.6. The summed E-state index contributed by atoms with van der Waals surface area (Å²) in [6.07, 6.45) is 55.8. The highest BCUT2D eigenvalue weighted by atomic mass is 31.2.